The molecule has 1 heterocycles. The molecule has 3 heteroatoms. The monoisotopic (exact) mass is 189 g/mol. The zero-order chi connectivity index (χ0) is 10.4. The maximum absolute atomic E-state index is 5.38. The smallest absolute Gasteiger partial charge is 0.149 e. The Morgan fingerprint density at radius 3 is 3.00 bits per heavy atom. The Balaban J connectivity index is 2.63. The number of hydrogen-bond acceptors (Lipinski definition) is 3. The summed E-state index contributed by atoms with van der Waals surface area (Å²) >= 11 is 0. The highest BCUT2D eigenvalue weighted by Gasteiger charge is 2.04. The van der Waals surface area contributed by atoms with Crippen LogP contribution in [0, 0.1) is 19.3 Å². The quantitative estimate of drug-likeness (QED) is 0.736. The first-order valence-electron chi connectivity index (χ1n) is 4.78. The molecule has 3 nitrogen and oxygen atoms in total. The van der Waals surface area contributed by atoms with Gasteiger partial charge in [0, 0.05) is 0 Å². The molecule has 1 unspecified atom stereocenters. The second kappa shape index (κ2) is 5.23. The highest BCUT2D eigenvalue weighted by molar-refractivity contribution is 5.38. The summed E-state index contributed by atoms with van der Waals surface area (Å²) in [4.78, 5) is 0. The zero-order valence-electron chi connectivity index (χ0n) is 8.62. The first-order chi connectivity index (χ1) is 6.76. The summed E-state index contributed by atoms with van der Waals surface area (Å²) < 4.78 is 0. The van der Waals surface area contributed by atoms with Gasteiger partial charge in [-0.25, -0.2) is 0 Å². The molecule has 0 saturated carbocycles. The Hall–Kier alpha value is -1.56. The van der Waals surface area contributed by atoms with Crippen LogP contribution in [0.5, 0.6) is 0 Å². The van der Waals surface area contributed by atoms with Crippen LogP contribution < -0.4 is 5.32 Å². The van der Waals surface area contributed by atoms with Crippen molar-refractivity contribution in [2.24, 2.45) is 0 Å². The molecule has 1 N–H and O–H groups in total. The fourth-order valence-corrected chi connectivity index (χ4v) is 1.20. The minimum absolute atomic E-state index is 0.0519. The van der Waals surface area contributed by atoms with Gasteiger partial charge in [0.25, 0.3) is 0 Å². The van der Waals surface area contributed by atoms with Crippen LogP contribution in [0.2, 0.25) is 0 Å². The molecule has 1 rings (SSSR count). The number of anilines is 1. The molecule has 1 atom stereocenters. The predicted octanol–water partition coefficient (Wildman–Crippen LogP) is 2.00. The number of rotatable bonds is 4. The standard InChI is InChI=1S/C11H15N3/c1-4-6-10(5-2)13-11-7-9(3)8-12-14-11/h2,7-8,10H,4,6H2,1,3H3,(H,13,14). The van der Waals surface area contributed by atoms with Crippen LogP contribution in [0.1, 0.15) is 25.3 Å². The van der Waals surface area contributed by atoms with Crippen molar-refractivity contribution in [2.75, 3.05) is 5.32 Å². The number of nitrogens with zero attached hydrogens (tertiary/aromatic N) is 2. The van der Waals surface area contributed by atoms with E-state index in [1.807, 2.05) is 13.0 Å². The second-order valence-corrected chi connectivity index (χ2v) is 3.27. The lowest BCUT2D eigenvalue weighted by atomic mass is 10.2. The molecule has 0 amide bonds. The first-order valence-corrected chi connectivity index (χ1v) is 4.78. The van der Waals surface area contributed by atoms with Crippen molar-refractivity contribution >= 4 is 5.82 Å². The molecule has 0 radical (unpaired) electrons. The lowest BCUT2D eigenvalue weighted by Crippen LogP contribution is -2.17. The van der Waals surface area contributed by atoms with Gasteiger partial charge in [-0.2, -0.15) is 5.10 Å². The molecular weight excluding hydrogens is 174 g/mol. The van der Waals surface area contributed by atoms with E-state index in [-0.39, 0.29) is 6.04 Å². The van der Waals surface area contributed by atoms with E-state index in [0.717, 1.165) is 24.2 Å². The van der Waals surface area contributed by atoms with Gasteiger partial charge in [0.15, 0.2) is 0 Å². The van der Waals surface area contributed by atoms with Gasteiger partial charge in [0.2, 0.25) is 0 Å². The highest BCUT2D eigenvalue weighted by atomic mass is 15.2. The summed E-state index contributed by atoms with van der Waals surface area (Å²) in [5, 5.41) is 11.0. The molecule has 1 aromatic rings. The van der Waals surface area contributed by atoms with Gasteiger partial charge >= 0.3 is 0 Å². The molecule has 0 fully saturated rings. The lowest BCUT2D eigenvalue weighted by Gasteiger charge is -2.11. The van der Waals surface area contributed by atoms with Crippen LogP contribution in [0.3, 0.4) is 0 Å². The van der Waals surface area contributed by atoms with Crippen LogP contribution in [0.4, 0.5) is 5.82 Å². The number of hydrogen-bond donors (Lipinski definition) is 1. The minimum atomic E-state index is 0.0519. The van der Waals surface area contributed by atoms with E-state index in [9.17, 15) is 0 Å². The molecule has 0 aliphatic rings. The van der Waals surface area contributed by atoms with Gasteiger partial charge in [-0.15, -0.1) is 11.5 Å². The predicted molar refractivity (Wildman–Crippen MR) is 57.9 cm³/mol. The molecular formula is C11H15N3. The topological polar surface area (TPSA) is 37.8 Å². The van der Waals surface area contributed by atoms with Crippen molar-refractivity contribution in [3.05, 3.63) is 17.8 Å². The van der Waals surface area contributed by atoms with Gasteiger partial charge in [0.1, 0.15) is 5.82 Å². The van der Waals surface area contributed by atoms with E-state index >= 15 is 0 Å². The number of terminal acetylenes is 1. The fraction of sp³-hybridized carbons (Fsp3) is 0.455. The summed E-state index contributed by atoms with van der Waals surface area (Å²) in [5.41, 5.74) is 1.08. The van der Waals surface area contributed by atoms with Gasteiger partial charge in [0.05, 0.1) is 12.2 Å². The summed E-state index contributed by atoms with van der Waals surface area (Å²) in [6, 6.07) is 1.99. The molecule has 0 bridgehead atoms. The van der Waals surface area contributed by atoms with Gasteiger partial charge in [-0.1, -0.05) is 19.3 Å². The molecule has 0 spiro atoms. The van der Waals surface area contributed by atoms with Crippen molar-refractivity contribution in [3.63, 3.8) is 0 Å². The Kier molecular flexibility index (Phi) is 3.93. The SMILES string of the molecule is C#CC(CCC)Nc1cc(C)cnn1. The van der Waals surface area contributed by atoms with Crippen LogP contribution in [-0.4, -0.2) is 16.2 Å². The third-order valence-electron chi connectivity index (χ3n) is 1.89. The fourth-order valence-electron chi connectivity index (χ4n) is 1.20. The molecule has 0 aromatic carbocycles. The van der Waals surface area contributed by atoms with Gasteiger partial charge in [-0.05, 0) is 25.0 Å². The summed E-state index contributed by atoms with van der Waals surface area (Å²) in [7, 11) is 0. The normalized spacial score (nSPS) is 11.8. The lowest BCUT2D eigenvalue weighted by molar-refractivity contribution is 0.749. The Bertz CT molecular complexity index is 328. The van der Waals surface area contributed by atoms with Crippen LogP contribution in [0.25, 0.3) is 0 Å². The molecule has 14 heavy (non-hydrogen) atoms. The third kappa shape index (κ3) is 3.06. The Morgan fingerprint density at radius 2 is 2.43 bits per heavy atom. The number of aromatic nitrogens is 2. The largest absolute Gasteiger partial charge is 0.355 e. The summed E-state index contributed by atoms with van der Waals surface area (Å²) in [5.74, 6) is 3.44. The Labute approximate surface area is 84.9 Å². The molecule has 0 aliphatic carbocycles. The van der Waals surface area contributed by atoms with Crippen molar-refractivity contribution in [1.29, 1.82) is 0 Å². The van der Waals surface area contributed by atoms with E-state index in [1.54, 1.807) is 6.20 Å². The van der Waals surface area contributed by atoms with E-state index in [1.165, 1.54) is 0 Å². The average Bonchev–Trinajstić information content (AvgIpc) is 2.17. The summed E-state index contributed by atoms with van der Waals surface area (Å²) in [6.07, 6.45) is 9.11. The third-order valence-corrected chi connectivity index (χ3v) is 1.89. The maximum Gasteiger partial charge on any atom is 0.149 e. The molecule has 74 valence electrons. The second-order valence-electron chi connectivity index (χ2n) is 3.27. The number of nitrogens with one attached hydrogen (secondary N) is 1. The summed E-state index contributed by atoms with van der Waals surface area (Å²) in [6.45, 7) is 4.08. The van der Waals surface area contributed by atoms with E-state index in [4.69, 9.17) is 6.42 Å². The first kappa shape index (κ1) is 10.5. The molecule has 1 aromatic heterocycles. The Morgan fingerprint density at radius 1 is 1.64 bits per heavy atom. The van der Waals surface area contributed by atoms with E-state index < -0.39 is 0 Å². The van der Waals surface area contributed by atoms with Gasteiger partial charge < -0.3 is 5.32 Å². The number of aryl methyl sites for hydroxylation is 1. The average molecular weight is 189 g/mol. The van der Waals surface area contributed by atoms with Crippen molar-refractivity contribution in [1.82, 2.24) is 10.2 Å². The highest BCUT2D eigenvalue weighted by Crippen LogP contribution is 2.07. The van der Waals surface area contributed by atoms with Crippen molar-refractivity contribution in [2.45, 2.75) is 32.7 Å². The van der Waals surface area contributed by atoms with Crippen molar-refractivity contribution < 1.29 is 0 Å². The van der Waals surface area contributed by atoms with Crippen molar-refractivity contribution in [3.8, 4) is 12.3 Å². The van der Waals surface area contributed by atoms with Crippen LogP contribution in [-0.2, 0) is 0 Å². The van der Waals surface area contributed by atoms with Crippen LogP contribution >= 0.6 is 0 Å². The minimum Gasteiger partial charge on any atom is -0.355 e. The maximum atomic E-state index is 5.38. The van der Waals surface area contributed by atoms with Crippen LogP contribution in [0.15, 0.2) is 12.3 Å². The van der Waals surface area contributed by atoms with E-state index in [0.29, 0.717) is 0 Å². The van der Waals surface area contributed by atoms with E-state index in [2.05, 4.69) is 28.4 Å². The molecule has 0 saturated heterocycles. The van der Waals surface area contributed by atoms with Gasteiger partial charge in [-0.3, -0.25) is 0 Å². The zero-order valence-corrected chi connectivity index (χ0v) is 8.62. The molecule has 0 aliphatic heterocycles.